The normalized spacial score (nSPS) is 20.4. The van der Waals surface area contributed by atoms with E-state index in [0.717, 1.165) is 4.90 Å². The van der Waals surface area contributed by atoms with Crippen molar-refractivity contribution in [1.82, 2.24) is 10.2 Å². The third-order valence-electron chi connectivity index (χ3n) is 6.07. The van der Waals surface area contributed by atoms with Crippen molar-refractivity contribution in [2.45, 2.75) is 38.0 Å². The molecule has 0 radical (unpaired) electrons. The number of carbonyl (C=O) groups is 4. The number of hydrogen-bond acceptors (Lipinski definition) is 6. The molecule has 0 saturated carbocycles. The summed E-state index contributed by atoms with van der Waals surface area (Å²) in [6, 6.07) is 8.11. The van der Waals surface area contributed by atoms with E-state index in [0.29, 0.717) is 16.8 Å². The minimum atomic E-state index is -3.28. The highest BCUT2D eigenvalue weighted by atomic mass is 19.3. The number of carbonyl (C=O) groups excluding carboxylic acids is 4. The lowest BCUT2D eigenvalue weighted by molar-refractivity contribution is -0.159. The van der Waals surface area contributed by atoms with Gasteiger partial charge in [0.05, 0.1) is 6.42 Å². The summed E-state index contributed by atoms with van der Waals surface area (Å²) in [6.07, 6.45) is -4.25. The maximum absolute atomic E-state index is 13.4. The van der Waals surface area contributed by atoms with Crippen LogP contribution in [0.4, 0.5) is 19.3 Å². The molecule has 11 heteroatoms. The number of imide groups is 1. The van der Waals surface area contributed by atoms with Crippen molar-refractivity contribution >= 4 is 29.5 Å². The van der Waals surface area contributed by atoms with Gasteiger partial charge in [0.2, 0.25) is 11.8 Å². The van der Waals surface area contributed by atoms with E-state index >= 15 is 0 Å². The summed E-state index contributed by atoms with van der Waals surface area (Å²) in [5.74, 6) is -1.09. The summed E-state index contributed by atoms with van der Waals surface area (Å²) in [7, 11) is 1.43. The fourth-order valence-electron chi connectivity index (χ4n) is 4.30. The number of fused-ring (bicyclic) bond motifs is 2. The largest absolute Gasteiger partial charge is 0.432 e. The molecular formula is C23H19F2N3O6. The van der Waals surface area contributed by atoms with Gasteiger partial charge in [-0.05, 0) is 42.3 Å². The van der Waals surface area contributed by atoms with Gasteiger partial charge in [-0.3, -0.25) is 24.6 Å². The maximum Gasteiger partial charge on any atom is 0.419 e. The van der Waals surface area contributed by atoms with Gasteiger partial charge >= 0.3 is 12.2 Å². The number of amides is 4. The van der Waals surface area contributed by atoms with E-state index in [2.05, 4.69) is 10.1 Å². The summed E-state index contributed by atoms with van der Waals surface area (Å²) in [6.45, 7) is 0.205. The van der Waals surface area contributed by atoms with E-state index in [1.807, 2.05) is 0 Å². The van der Waals surface area contributed by atoms with Crippen molar-refractivity contribution in [3.05, 3.63) is 53.1 Å². The molecule has 3 heterocycles. The fourth-order valence-corrected chi connectivity index (χ4v) is 4.30. The highest BCUT2D eigenvalue weighted by Gasteiger charge is 2.41. The van der Waals surface area contributed by atoms with E-state index in [-0.39, 0.29) is 42.4 Å². The van der Waals surface area contributed by atoms with E-state index in [4.69, 9.17) is 4.74 Å². The average Bonchev–Trinajstić information content (AvgIpc) is 3.27. The van der Waals surface area contributed by atoms with Crippen LogP contribution >= 0.6 is 0 Å². The number of nitrogens with one attached hydrogen (secondary N) is 1. The Hall–Kier alpha value is -4.02. The quantitative estimate of drug-likeness (QED) is 0.690. The highest BCUT2D eigenvalue weighted by Crippen LogP contribution is 2.39. The lowest BCUT2D eigenvalue weighted by atomic mass is 10.0. The van der Waals surface area contributed by atoms with Crippen LogP contribution in [0.1, 0.15) is 34.3 Å². The first kappa shape index (κ1) is 21.8. The Morgan fingerprint density at radius 2 is 1.97 bits per heavy atom. The molecule has 1 atom stereocenters. The molecule has 3 aliphatic rings. The van der Waals surface area contributed by atoms with Crippen LogP contribution in [0.2, 0.25) is 0 Å². The number of anilines is 1. The van der Waals surface area contributed by atoms with Crippen LogP contribution in [0.3, 0.4) is 0 Å². The predicted molar refractivity (Wildman–Crippen MR) is 113 cm³/mol. The minimum Gasteiger partial charge on any atom is -0.432 e. The van der Waals surface area contributed by atoms with Crippen LogP contribution < -0.4 is 19.7 Å². The van der Waals surface area contributed by atoms with E-state index in [1.165, 1.54) is 42.3 Å². The first-order valence-electron chi connectivity index (χ1n) is 10.5. The van der Waals surface area contributed by atoms with Crippen molar-refractivity contribution in [2.75, 3.05) is 11.9 Å². The monoisotopic (exact) mass is 471 g/mol. The number of benzene rings is 2. The van der Waals surface area contributed by atoms with E-state index in [9.17, 15) is 28.0 Å². The van der Waals surface area contributed by atoms with Gasteiger partial charge in [-0.1, -0.05) is 6.07 Å². The molecule has 5 rings (SSSR count). The summed E-state index contributed by atoms with van der Waals surface area (Å²) < 4.78 is 36.8. The number of halogens is 2. The molecule has 0 aliphatic carbocycles. The fraction of sp³-hybridized carbons (Fsp3) is 0.304. The second kappa shape index (κ2) is 7.79. The van der Waals surface area contributed by atoms with Gasteiger partial charge in [0, 0.05) is 36.8 Å². The molecule has 9 nitrogen and oxygen atoms in total. The van der Waals surface area contributed by atoms with Crippen LogP contribution in [0, 0.1) is 0 Å². The number of alkyl halides is 2. The van der Waals surface area contributed by atoms with Gasteiger partial charge in [0.25, 0.3) is 5.91 Å². The Morgan fingerprint density at radius 1 is 1.18 bits per heavy atom. The first-order chi connectivity index (χ1) is 16.1. The number of hydrogen-bond donors (Lipinski definition) is 1. The standard InChI is InChI=1S/C23H19F2N3O6/c1-27(14-3-6-18-13(8-14)10-23(24,25)34-18)22(32)33-15-4-2-12-11-28(21(31)16(12)9-15)17-5-7-19(29)26-20(17)30/h2-4,6,8-9,17H,5,7,10-11H2,1H3,(H,26,29,30). The Labute approximate surface area is 192 Å². The SMILES string of the molecule is CN(C(=O)Oc1ccc2c(c1)C(=O)N(C1CCC(=O)NC1=O)C2)c1ccc2c(c1)CC(F)(F)O2. The van der Waals surface area contributed by atoms with Gasteiger partial charge in [-0.2, -0.15) is 8.78 Å². The zero-order chi connectivity index (χ0) is 24.2. The Balaban J connectivity index is 1.29. The molecule has 1 unspecified atom stereocenters. The lowest BCUT2D eigenvalue weighted by Crippen LogP contribution is -2.52. The van der Waals surface area contributed by atoms with Crippen LogP contribution in [0.25, 0.3) is 0 Å². The van der Waals surface area contributed by atoms with Gasteiger partial charge in [0.1, 0.15) is 17.5 Å². The zero-order valence-electron chi connectivity index (χ0n) is 18.0. The molecule has 1 N–H and O–H groups in total. The first-order valence-corrected chi connectivity index (χ1v) is 10.5. The minimum absolute atomic E-state index is 0.0632. The highest BCUT2D eigenvalue weighted by molar-refractivity contribution is 6.05. The lowest BCUT2D eigenvalue weighted by Gasteiger charge is -2.29. The molecule has 2 aromatic rings. The predicted octanol–water partition coefficient (Wildman–Crippen LogP) is 2.61. The molecule has 0 bridgehead atoms. The van der Waals surface area contributed by atoms with Gasteiger partial charge in [-0.25, -0.2) is 4.79 Å². The van der Waals surface area contributed by atoms with E-state index in [1.54, 1.807) is 6.07 Å². The molecule has 0 aromatic heterocycles. The number of ether oxygens (including phenoxy) is 2. The van der Waals surface area contributed by atoms with Crippen molar-refractivity contribution in [2.24, 2.45) is 0 Å². The van der Waals surface area contributed by atoms with Crippen molar-refractivity contribution in [3.8, 4) is 11.5 Å². The van der Waals surface area contributed by atoms with Crippen LogP contribution in [-0.4, -0.2) is 47.9 Å². The topological polar surface area (TPSA) is 105 Å². The van der Waals surface area contributed by atoms with Gasteiger partial charge in [0.15, 0.2) is 0 Å². The van der Waals surface area contributed by atoms with Gasteiger partial charge < -0.3 is 14.4 Å². The molecular weight excluding hydrogens is 452 g/mol. The smallest absolute Gasteiger partial charge is 0.419 e. The number of piperidine rings is 1. The Kier molecular flexibility index (Phi) is 4.99. The second-order valence-electron chi connectivity index (χ2n) is 8.35. The molecule has 1 fully saturated rings. The summed E-state index contributed by atoms with van der Waals surface area (Å²) in [5.41, 5.74) is 1.59. The summed E-state index contributed by atoms with van der Waals surface area (Å²) in [4.78, 5) is 51.7. The maximum atomic E-state index is 13.4. The third-order valence-corrected chi connectivity index (χ3v) is 6.07. The molecule has 0 spiro atoms. The molecule has 3 aliphatic heterocycles. The van der Waals surface area contributed by atoms with Crippen LogP contribution in [0.5, 0.6) is 11.5 Å². The van der Waals surface area contributed by atoms with Crippen molar-refractivity contribution < 1.29 is 37.4 Å². The van der Waals surface area contributed by atoms with Crippen molar-refractivity contribution in [1.29, 1.82) is 0 Å². The van der Waals surface area contributed by atoms with Gasteiger partial charge in [-0.15, -0.1) is 0 Å². The van der Waals surface area contributed by atoms with Crippen LogP contribution in [-0.2, 0) is 22.6 Å². The van der Waals surface area contributed by atoms with Crippen molar-refractivity contribution in [3.63, 3.8) is 0 Å². The molecule has 1 saturated heterocycles. The molecule has 4 amide bonds. The summed E-state index contributed by atoms with van der Waals surface area (Å²) in [5, 5.41) is 2.24. The third kappa shape index (κ3) is 3.82. The van der Waals surface area contributed by atoms with Crippen LogP contribution in [0.15, 0.2) is 36.4 Å². The summed E-state index contributed by atoms with van der Waals surface area (Å²) >= 11 is 0. The van der Waals surface area contributed by atoms with E-state index < -0.39 is 36.5 Å². The Morgan fingerprint density at radius 3 is 2.74 bits per heavy atom. The Bertz CT molecular complexity index is 1250. The number of nitrogens with zero attached hydrogens (tertiary/aromatic N) is 2. The second-order valence-corrected chi connectivity index (χ2v) is 8.35. The molecule has 2 aromatic carbocycles. The average molecular weight is 471 g/mol. The molecule has 176 valence electrons. The molecule has 34 heavy (non-hydrogen) atoms. The number of rotatable bonds is 3. The zero-order valence-corrected chi connectivity index (χ0v) is 18.0.